The topological polar surface area (TPSA) is 37.4 Å². The Morgan fingerprint density at radius 1 is 0.880 bits per heavy atom. The Bertz CT molecular complexity index is 899. The van der Waals surface area contributed by atoms with Crippen LogP contribution in [0.4, 0.5) is 0 Å². The molecule has 132 valence electrons. The second kappa shape index (κ2) is 5.31. The van der Waals surface area contributed by atoms with E-state index in [0.717, 1.165) is 47.8 Å². The molecule has 4 fully saturated rings. The first-order valence-corrected chi connectivity index (χ1v) is 10.9. The first kappa shape index (κ1) is 15.8. The van der Waals surface area contributed by atoms with Crippen LogP contribution in [0.3, 0.4) is 0 Å². The number of fused-ring (bicyclic) bond motifs is 1. The highest BCUT2D eigenvalue weighted by Gasteiger charge is 2.55. The molecule has 0 spiro atoms. The van der Waals surface area contributed by atoms with Crippen molar-refractivity contribution in [1.82, 2.24) is 4.31 Å². The van der Waals surface area contributed by atoms with Gasteiger partial charge in [-0.2, -0.15) is 4.31 Å². The van der Waals surface area contributed by atoms with Crippen molar-refractivity contribution >= 4 is 20.8 Å². The number of nitrogens with zero attached hydrogens (tertiary/aromatic N) is 1. The van der Waals surface area contributed by atoms with Gasteiger partial charge in [-0.25, -0.2) is 8.42 Å². The lowest BCUT2D eigenvalue weighted by Gasteiger charge is -2.59. The van der Waals surface area contributed by atoms with Crippen LogP contribution in [0.15, 0.2) is 47.4 Å². The molecule has 6 rings (SSSR count). The van der Waals surface area contributed by atoms with Crippen LogP contribution in [0.5, 0.6) is 0 Å². The van der Waals surface area contributed by atoms with Gasteiger partial charge in [0.2, 0.25) is 10.0 Å². The van der Waals surface area contributed by atoms with E-state index in [9.17, 15) is 8.42 Å². The van der Waals surface area contributed by atoms with E-state index in [1.807, 2.05) is 43.4 Å². The minimum Gasteiger partial charge on any atom is -0.207 e. The molecule has 0 heterocycles. The smallest absolute Gasteiger partial charge is 0.207 e. The maximum absolute atomic E-state index is 13.4. The fourth-order valence-corrected chi connectivity index (χ4v) is 7.76. The van der Waals surface area contributed by atoms with Crippen molar-refractivity contribution in [3.8, 4) is 0 Å². The molecule has 0 atom stereocenters. The quantitative estimate of drug-likeness (QED) is 0.817. The van der Waals surface area contributed by atoms with Crippen LogP contribution >= 0.6 is 0 Å². The van der Waals surface area contributed by atoms with Crippen LogP contribution in [0.1, 0.15) is 38.5 Å². The number of hydrogen-bond acceptors (Lipinski definition) is 2. The fourth-order valence-electron chi connectivity index (χ4n) is 6.19. The largest absolute Gasteiger partial charge is 0.243 e. The Morgan fingerprint density at radius 3 is 2.04 bits per heavy atom. The van der Waals surface area contributed by atoms with E-state index in [1.165, 1.54) is 19.3 Å². The molecule has 0 saturated heterocycles. The van der Waals surface area contributed by atoms with E-state index in [2.05, 4.69) is 0 Å². The van der Waals surface area contributed by atoms with E-state index in [0.29, 0.717) is 4.90 Å². The van der Waals surface area contributed by atoms with Crippen LogP contribution in [0, 0.1) is 17.8 Å². The third kappa shape index (κ3) is 2.37. The number of benzene rings is 2. The number of sulfonamides is 1. The highest BCUT2D eigenvalue weighted by Crippen LogP contribution is 2.58. The summed E-state index contributed by atoms with van der Waals surface area (Å²) >= 11 is 0. The predicted octanol–water partition coefficient (Wildman–Crippen LogP) is 4.43. The summed E-state index contributed by atoms with van der Waals surface area (Å²) in [5, 5.41) is 2.07. The van der Waals surface area contributed by atoms with Gasteiger partial charge in [0.05, 0.1) is 4.90 Å². The summed E-state index contributed by atoms with van der Waals surface area (Å²) in [4.78, 5) is 0.435. The van der Waals surface area contributed by atoms with Gasteiger partial charge in [0, 0.05) is 12.6 Å². The third-order valence-electron chi connectivity index (χ3n) is 7.05. The van der Waals surface area contributed by atoms with Crippen molar-refractivity contribution < 1.29 is 8.42 Å². The minimum atomic E-state index is -3.46. The van der Waals surface area contributed by atoms with E-state index < -0.39 is 10.0 Å². The lowest BCUT2D eigenvalue weighted by molar-refractivity contribution is -0.0495. The summed E-state index contributed by atoms with van der Waals surface area (Å²) in [7, 11) is -1.63. The lowest BCUT2D eigenvalue weighted by Crippen LogP contribution is -2.60. The zero-order valence-electron chi connectivity index (χ0n) is 14.7. The molecular weight excluding hydrogens is 330 g/mol. The molecule has 4 saturated carbocycles. The van der Waals surface area contributed by atoms with Gasteiger partial charge in [-0.05, 0) is 79.2 Å². The standard InChI is InChI=1S/C21H25NO2S/c1-22(21-12-15-8-16(13-21)10-17(9-15)14-21)25(23,24)20-7-6-18-4-2-3-5-19(18)11-20/h2-7,11,15-17H,8-10,12-14H2,1H3. The van der Waals surface area contributed by atoms with Crippen molar-refractivity contribution in [3.63, 3.8) is 0 Å². The third-order valence-corrected chi connectivity index (χ3v) is 9.01. The highest BCUT2D eigenvalue weighted by molar-refractivity contribution is 7.89. The normalized spacial score (nSPS) is 34.1. The average Bonchev–Trinajstić information content (AvgIpc) is 2.59. The van der Waals surface area contributed by atoms with Crippen LogP contribution in [-0.4, -0.2) is 25.3 Å². The zero-order chi connectivity index (χ0) is 17.2. The minimum absolute atomic E-state index is 0.140. The second-order valence-corrected chi connectivity index (χ2v) is 10.6. The van der Waals surface area contributed by atoms with Crippen molar-refractivity contribution in [2.75, 3.05) is 7.05 Å². The number of hydrogen-bond donors (Lipinski definition) is 0. The van der Waals surface area contributed by atoms with E-state index in [4.69, 9.17) is 0 Å². The summed E-state index contributed by atoms with van der Waals surface area (Å²) in [6.45, 7) is 0. The van der Waals surface area contributed by atoms with Gasteiger partial charge in [0.1, 0.15) is 0 Å². The van der Waals surface area contributed by atoms with Gasteiger partial charge in [-0.1, -0.05) is 30.3 Å². The summed E-state index contributed by atoms with van der Waals surface area (Å²) in [6.07, 6.45) is 7.14. The average molecular weight is 356 g/mol. The molecule has 0 amide bonds. The van der Waals surface area contributed by atoms with Crippen molar-refractivity contribution in [2.45, 2.75) is 49.0 Å². The lowest BCUT2D eigenvalue weighted by atomic mass is 9.53. The number of rotatable bonds is 3. The highest BCUT2D eigenvalue weighted by atomic mass is 32.2. The first-order valence-electron chi connectivity index (χ1n) is 9.44. The van der Waals surface area contributed by atoms with Crippen LogP contribution in [0.25, 0.3) is 10.8 Å². The van der Waals surface area contributed by atoms with E-state index >= 15 is 0 Å². The van der Waals surface area contributed by atoms with Crippen molar-refractivity contribution in [2.24, 2.45) is 17.8 Å². The molecular formula is C21H25NO2S. The maximum Gasteiger partial charge on any atom is 0.243 e. The summed E-state index contributed by atoms with van der Waals surface area (Å²) in [6, 6.07) is 13.5. The van der Waals surface area contributed by atoms with Crippen molar-refractivity contribution in [1.29, 1.82) is 0 Å². The SMILES string of the molecule is CN(C12CC3CC(CC(C3)C1)C2)S(=O)(=O)c1ccc2ccccc2c1. The first-order chi connectivity index (χ1) is 12.0. The van der Waals surface area contributed by atoms with Gasteiger partial charge < -0.3 is 0 Å². The molecule has 0 N–H and O–H groups in total. The van der Waals surface area contributed by atoms with Crippen LogP contribution in [-0.2, 0) is 10.0 Å². The van der Waals surface area contributed by atoms with E-state index in [-0.39, 0.29) is 5.54 Å². The Hall–Kier alpha value is -1.39. The predicted molar refractivity (Wildman–Crippen MR) is 99.8 cm³/mol. The summed E-state index contributed by atoms with van der Waals surface area (Å²) in [5.74, 6) is 2.21. The molecule has 25 heavy (non-hydrogen) atoms. The van der Waals surface area contributed by atoms with Gasteiger partial charge in [-0.15, -0.1) is 0 Å². The van der Waals surface area contributed by atoms with Crippen LogP contribution in [0.2, 0.25) is 0 Å². The Balaban J connectivity index is 1.54. The molecule has 2 aromatic carbocycles. The Morgan fingerprint density at radius 2 is 1.44 bits per heavy atom. The fraction of sp³-hybridized carbons (Fsp3) is 0.524. The Kier molecular flexibility index (Phi) is 3.36. The zero-order valence-corrected chi connectivity index (χ0v) is 15.5. The maximum atomic E-state index is 13.4. The molecule has 4 aliphatic rings. The van der Waals surface area contributed by atoms with Crippen molar-refractivity contribution in [3.05, 3.63) is 42.5 Å². The second-order valence-electron chi connectivity index (χ2n) is 8.62. The molecule has 4 heteroatoms. The monoisotopic (exact) mass is 355 g/mol. The molecule has 0 aromatic heterocycles. The molecule has 3 nitrogen and oxygen atoms in total. The molecule has 0 aliphatic heterocycles. The summed E-state index contributed by atoms with van der Waals surface area (Å²) in [5.41, 5.74) is -0.140. The Labute approximate surface area is 150 Å². The molecule has 2 aromatic rings. The van der Waals surface area contributed by atoms with Gasteiger partial charge in [-0.3, -0.25) is 0 Å². The molecule has 0 radical (unpaired) electrons. The molecule has 0 unspecified atom stereocenters. The van der Waals surface area contributed by atoms with Gasteiger partial charge in [0.15, 0.2) is 0 Å². The van der Waals surface area contributed by atoms with Gasteiger partial charge in [0.25, 0.3) is 0 Å². The van der Waals surface area contributed by atoms with E-state index in [1.54, 1.807) is 10.4 Å². The van der Waals surface area contributed by atoms with Crippen LogP contribution < -0.4 is 0 Å². The molecule has 4 bridgehead atoms. The summed E-state index contributed by atoms with van der Waals surface area (Å²) < 4.78 is 28.6. The van der Waals surface area contributed by atoms with Gasteiger partial charge >= 0.3 is 0 Å². The molecule has 4 aliphatic carbocycles.